The Labute approximate surface area is 87.2 Å². The number of hydrogen-bond donors (Lipinski definition) is 4. The molecule has 0 radical (unpaired) electrons. The van der Waals surface area contributed by atoms with Gasteiger partial charge in [-0.05, 0) is 13.0 Å². The molecule has 0 aromatic carbocycles. The SMILES string of the molecule is CNC(=O)NC(=O)CNCCCC(=O)O. The summed E-state index contributed by atoms with van der Waals surface area (Å²) in [5.74, 6) is -1.32. The third-order valence-electron chi connectivity index (χ3n) is 1.51. The lowest BCUT2D eigenvalue weighted by molar-refractivity contribution is -0.137. The smallest absolute Gasteiger partial charge is 0.321 e. The van der Waals surface area contributed by atoms with E-state index < -0.39 is 17.9 Å². The molecule has 0 aliphatic rings. The van der Waals surface area contributed by atoms with Gasteiger partial charge in [-0.15, -0.1) is 0 Å². The van der Waals surface area contributed by atoms with Crippen LogP contribution < -0.4 is 16.0 Å². The average molecular weight is 217 g/mol. The summed E-state index contributed by atoms with van der Waals surface area (Å²) in [4.78, 5) is 31.7. The standard InChI is InChI=1S/C8H15N3O4/c1-9-8(15)11-6(12)5-10-4-2-3-7(13)14/h10H,2-5H2,1H3,(H,13,14)(H2,9,11,12,15). The molecule has 15 heavy (non-hydrogen) atoms. The normalized spacial score (nSPS) is 9.40. The second kappa shape index (κ2) is 7.74. The van der Waals surface area contributed by atoms with Gasteiger partial charge in [0.25, 0.3) is 0 Å². The van der Waals surface area contributed by atoms with Crippen LogP contribution in [0.1, 0.15) is 12.8 Å². The summed E-state index contributed by atoms with van der Waals surface area (Å²) >= 11 is 0. The molecular weight excluding hydrogens is 202 g/mol. The summed E-state index contributed by atoms with van der Waals surface area (Å²) in [5, 5.41) is 15.3. The van der Waals surface area contributed by atoms with Gasteiger partial charge in [0.1, 0.15) is 0 Å². The van der Waals surface area contributed by atoms with E-state index in [1.807, 2.05) is 0 Å². The van der Waals surface area contributed by atoms with Crippen LogP contribution in [0.4, 0.5) is 4.79 Å². The van der Waals surface area contributed by atoms with E-state index in [-0.39, 0.29) is 13.0 Å². The lowest BCUT2D eigenvalue weighted by Crippen LogP contribution is -2.42. The molecule has 0 aromatic heterocycles. The fraction of sp³-hybridized carbons (Fsp3) is 0.625. The molecule has 86 valence electrons. The van der Waals surface area contributed by atoms with Crippen molar-refractivity contribution in [3.63, 3.8) is 0 Å². The molecule has 0 aromatic rings. The summed E-state index contributed by atoms with van der Waals surface area (Å²) in [5.41, 5.74) is 0. The molecule has 0 fully saturated rings. The predicted molar refractivity (Wildman–Crippen MR) is 52.3 cm³/mol. The number of hydrogen-bond acceptors (Lipinski definition) is 4. The summed E-state index contributed by atoms with van der Waals surface area (Å²) < 4.78 is 0. The van der Waals surface area contributed by atoms with Gasteiger partial charge in [-0.2, -0.15) is 0 Å². The Morgan fingerprint density at radius 2 is 1.93 bits per heavy atom. The number of amides is 3. The lowest BCUT2D eigenvalue weighted by Gasteiger charge is -2.04. The highest BCUT2D eigenvalue weighted by atomic mass is 16.4. The van der Waals surface area contributed by atoms with Crippen LogP contribution in [0, 0.1) is 0 Å². The molecule has 0 aliphatic carbocycles. The van der Waals surface area contributed by atoms with E-state index in [0.29, 0.717) is 13.0 Å². The number of nitrogens with one attached hydrogen (secondary N) is 3. The number of carboxylic acids is 1. The zero-order valence-electron chi connectivity index (χ0n) is 8.50. The zero-order chi connectivity index (χ0) is 11.7. The molecule has 0 unspecified atom stereocenters. The van der Waals surface area contributed by atoms with E-state index >= 15 is 0 Å². The quantitative estimate of drug-likeness (QED) is 0.422. The van der Waals surface area contributed by atoms with Gasteiger partial charge in [-0.25, -0.2) is 4.79 Å². The number of imide groups is 1. The molecule has 0 rings (SSSR count). The van der Waals surface area contributed by atoms with Crippen molar-refractivity contribution in [1.29, 1.82) is 0 Å². The van der Waals surface area contributed by atoms with Crippen LogP contribution in [0.15, 0.2) is 0 Å². The zero-order valence-corrected chi connectivity index (χ0v) is 8.50. The topological polar surface area (TPSA) is 108 Å². The minimum Gasteiger partial charge on any atom is -0.481 e. The number of carbonyl (C=O) groups excluding carboxylic acids is 2. The van der Waals surface area contributed by atoms with Crippen molar-refractivity contribution < 1.29 is 19.5 Å². The third kappa shape index (κ3) is 8.69. The Kier molecular flexibility index (Phi) is 6.90. The molecular formula is C8H15N3O4. The van der Waals surface area contributed by atoms with Gasteiger partial charge < -0.3 is 15.7 Å². The highest BCUT2D eigenvalue weighted by Crippen LogP contribution is 1.85. The van der Waals surface area contributed by atoms with Crippen molar-refractivity contribution in [1.82, 2.24) is 16.0 Å². The number of rotatable bonds is 6. The summed E-state index contributed by atoms with van der Waals surface area (Å²) in [7, 11) is 1.41. The molecule has 0 aliphatic heterocycles. The van der Waals surface area contributed by atoms with Crippen molar-refractivity contribution >= 4 is 17.9 Å². The minimum atomic E-state index is -0.869. The maximum Gasteiger partial charge on any atom is 0.321 e. The van der Waals surface area contributed by atoms with E-state index in [1.54, 1.807) is 0 Å². The molecule has 3 amide bonds. The molecule has 4 N–H and O–H groups in total. The summed E-state index contributed by atoms with van der Waals surface area (Å²) in [6, 6.07) is -0.563. The highest BCUT2D eigenvalue weighted by Gasteiger charge is 2.04. The van der Waals surface area contributed by atoms with Crippen molar-refractivity contribution in [2.75, 3.05) is 20.1 Å². The Balaban J connectivity index is 3.39. The summed E-state index contributed by atoms with van der Waals surface area (Å²) in [6.07, 6.45) is 0.507. The molecule has 7 heteroatoms. The minimum absolute atomic E-state index is 0.00691. The van der Waals surface area contributed by atoms with Gasteiger partial charge >= 0.3 is 12.0 Å². The van der Waals surface area contributed by atoms with Gasteiger partial charge in [0.15, 0.2) is 0 Å². The Bertz CT molecular complexity index is 242. The van der Waals surface area contributed by atoms with Crippen LogP contribution >= 0.6 is 0 Å². The fourth-order valence-corrected chi connectivity index (χ4v) is 0.800. The lowest BCUT2D eigenvalue weighted by atomic mass is 10.3. The Morgan fingerprint density at radius 3 is 2.47 bits per heavy atom. The van der Waals surface area contributed by atoms with E-state index in [2.05, 4.69) is 16.0 Å². The maximum absolute atomic E-state index is 11.0. The van der Waals surface area contributed by atoms with Gasteiger partial charge in [-0.1, -0.05) is 0 Å². The maximum atomic E-state index is 11.0. The number of aliphatic carboxylic acids is 1. The number of carbonyl (C=O) groups is 3. The molecule has 0 spiro atoms. The van der Waals surface area contributed by atoms with E-state index in [1.165, 1.54) is 7.05 Å². The van der Waals surface area contributed by atoms with Gasteiger partial charge in [0.2, 0.25) is 5.91 Å². The number of urea groups is 1. The first kappa shape index (κ1) is 13.4. The van der Waals surface area contributed by atoms with Crippen LogP contribution in [-0.4, -0.2) is 43.2 Å². The van der Waals surface area contributed by atoms with Crippen LogP contribution in [0.2, 0.25) is 0 Å². The first-order valence-electron chi connectivity index (χ1n) is 4.50. The largest absolute Gasteiger partial charge is 0.481 e. The second-order valence-corrected chi connectivity index (χ2v) is 2.80. The second-order valence-electron chi connectivity index (χ2n) is 2.80. The Hall–Kier alpha value is -1.63. The first-order valence-corrected chi connectivity index (χ1v) is 4.50. The molecule has 0 atom stereocenters. The van der Waals surface area contributed by atoms with Crippen LogP contribution in [0.3, 0.4) is 0 Å². The van der Waals surface area contributed by atoms with Crippen molar-refractivity contribution in [3.05, 3.63) is 0 Å². The summed E-state index contributed by atoms with van der Waals surface area (Å²) in [6.45, 7) is 0.417. The predicted octanol–water partition coefficient (Wildman–Crippen LogP) is -1.10. The highest BCUT2D eigenvalue weighted by molar-refractivity contribution is 5.95. The van der Waals surface area contributed by atoms with Crippen molar-refractivity contribution in [2.24, 2.45) is 0 Å². The molecule has 0 saturated carbocycles. The van der Waals surface area contributed by atoms with E-state index in [9.17, 15) is 14.4 Å². The molecule has 7 nitrogen and oxygen atoms in total. The van der Waals surface area contributed by atoms with E-state index in [0.717, 1.165) is 0 Å². The monoisotopic (exact) mass is 217 g/mol. The van der Waals surface area contributed by atoms with Gasteiger partial charge in [0.05, 0.1) is 6.54 Å². The van der Waals surface area contributed by atoms with E-state index in [4.69, 9.17) is 5.11 Å². The molecule has 0 saturated heterocycles. The molecule has 0 bridgehead atoms. The van der Waals surface area contributed by atoms with Crippen LogP contribution in [0.5, 0.6) is 0 Å². The first-order chi connectivity index (χ1) is 7.06. The van der Waals surface area contributed by atoms with Crippen molar-refractivity contribution in [3.8, 4) is 0 Å². The fourth-order valence-electron chi connectivity index (χ4n) is 0.800. The molecule has 0 heterocycles. The third-order valence-corrected chi connectivity index (χ3v) is 1.51. The van der Waals surface area contributed by atoms with Crippen LogP contribution in [-0.2, 0) is 9.59 Å². The van der Waals surface area contributed by atoms with Gasteiger partial charge in [0, 0.05) is 13.5 Å². The van der Waals surface area contributed by atoms with Gasteiger partial charge in [-0.3, -0.25) is 14.9 Å². The Morgan fingerprint density at radius 1 is 1.27 bits per heavy atom. The van der Waals surface area contributed by atoms with Crippen LogP contribution in [0.25, 0.3) is 0 Å². The average Bonchev–Trinajstić information content (AvgIpc) is 2.16. The van der Waals surface area contributed by atoms with Crippen molar-refractivity contribution in [2.45, 2.75) is 12.8 Å². The number of carboxylic acid groups (broad SMARTS) is 1.